The molecule has 1 atom stereocenters. The number of piperidine rings is 1. The lowest BCUT2D eigenvalue weighted by Gasteiger charge is -2.42. The predicted octanol–water partition coefficient (Wildman–Crippen LogP) is 1.10. The molecule has 1 aromatic heterocycles. The van der Waals surface area contributed by atoms with Crippen molar-refractivity contribution in [2.24, 2.45) is 5.41 Å². The summed E-state index contributed by atoms with van der Waals surface area (Å²) in [7, 11) is -3.72. The third-order valence-corrected chi connectivity index (χ3v) is 5.74. The second-order valence-corrected chi connectivity index (χ2v) is 8.97. The Labute approximate surface area is 168 Å². The van der Waals surface area contributed by atoms with Gasteiger partial charge >= 0.3 is 6.09 Å². The van der Waals surface area contributed by atoms with Crippen molar-refractivity contribution >= 4 is 16.2 Å². The molecule has 0 saturated carbocycles. The zero-order valence-corrected chi connectivity index (χ0v) is 16.8. The second kappa shape index (κ2) is 8.47. The number of amides is 1. The van der Waals surface area contributed by atoms with Crippen LogP contribution in [-0.2, 0) is 20.8 Å². The number of hydrogen-bond donors (Lipinski definition) is 2. The number of aliphatic hydroxyl groups excluding tert-OH is 1. The lowest BCUT2D eigenvalue weighted by Crippen LogP contribution is -2.47. The molecule has 1 fully saturated rings. The molecule has 1 unspecified atom stereocenters. The SMILES string of the molecule is CS(=O)(=O)OCC1(C(O)c2cn(Cc3ccccc3)nn2)CCN(C(=O)O)CC1. The lowest BCUT2D eigenvalue weighted by molar-refractivity contribution is -0.0510. The fraction of sp³-hybridized carbons (Fsp3) is 0.500. The summed E-state index contributed by atoms with van der Waals surface area (Å²) in [6.07, 6.45) is 0.831. The minimum Gasteiger partial charge on any atom is -0.465 e. The molecule has 10 nitrogen and oxygen atoms in total. The first kappa shape index (κ1) is 21.2. The van der Waals surface area contributed by atoms with Gasteiger partial charge in [-0.15, -0.1) is 5.10 Å². The summed E-state index contributed by atoms with van der Waals surface area (Å²) >= 11 is 0. The first-order valence-electron chi connectivity index (χ1n) is 9.13. The number of nitrogens with zero attached hydrogens (tertiary/aromatic N) is 4. The Bertz CT molecular complexity index is 938. The average molecular weight is 424 g/mol. The number of aromatic nitrogens is 3. The summed E-state index contributed by atoms with van der Waals surface area (Å²) in [6.45, 7) is 0.543. The molecule has 1 aliphatic rings. The smallest absolute Gasteiger partial charge is 0.407 e. The van der Waals surface area contributed by atoms with Gasteiger partial charge in [-0.1, -0.05) is 35.5 Å². The fourth-order valence-corrected chi connectivity index (χ4v) is 3.91. The number of aliphatic hydroxyl groups is 1. The van der Waals surface area contributed by atoms with Crippen LogP contribution in [0, 0.1) is 5.41 Å². The van der Waals surface area contributed by atoms with E-state index in [0.717, 1.165) is 11.8 Å². The van der Waals surface area contributed by atoms with Crippen LogP contribution < -0.4 is 0 Å². The largest absolute Gasteiger partial charge is 0.465 e. The van der Waals surface area contributed by atoms with Gasteiger partial charge < -0.3 is 15.1 Å². The van der Waals surface area contributed by atoms with Crippen molar-refractivity contribution in [3.05, 3.63) is 47.8 Å². The molecule has 1 amide bonds. The molecular weight excluding hydrogens is 400 g/mol. The molecule has 2 N–H and O–H groups in total. The summed E-state index contributed by atoms with van der Waals surface area (Å²) in [6, 6.07) is 9.63. The van der Waals surface area contributed by atoms with E-state index in [1.54, 1.807) is 10.9 Å². The maximum atomic E-state index is 11.5. The minimum atomic E-state index is -3.72. The van der Waals surface area contributed by atoms with Crippen molar-refractivity contribution in [2.75, 3.05) is 26.0 Å². The van der Waals surface area contributed by atoms with Crippen molar-refractivity contribution in [1.29, 1.82) is 0 Å². The van der Waals surface area contributed by atoms with Crippen LogP contribution in [0.25, 0.3) is 0 Å². The van der Waals surface area contributed by atoms with Crippen molar-refractivity contribution in [3.63, 3.8) is 0 Å². The van der Waals surface area contributed by atoms with Gasteiger partial charge in [0.05, 0.1) is 25.6 Å². The zero-order chi connectivity index (χ0) is 21.1. The molecule has 0 aliphatic carbocycles. The summed E-state index contributed by atoms with van der Waals surface area (Å²) < 4.78 is 29.6. The van der Waals surface area contributed by atoms with Gasteiger partial charge in [-0.2, -0.15) is 8.42 Å². The minimum absolute atomic E-state index is 0.164. The number of carbonyl (C=O) groups is 1. The third kappa shape index (κ3) is 5.31. The van der Waals surface area contributed by atoms with Crippen LogP contribution in [0.1, 0.15) is 30.2 Å². The zero-order valence-electron chi connectivity index (χ0n) is 16.0. The molecule has 1 aromatic carbocycles. The van der Waals surface area contributed by atoms with Gasteiger partial charge in [-0.05, 0) is 18.4 Å². The highest BCUT2D eigenvalue weighted by molar-refractivity contribution is 7.85. The van der Waals surface area contributed by atoms with E-state index in [1.807, 2.05) is 30.3 Å². The van der Waals surface area contributed by atoms with Gasteiger partial charge in [-0.25, -0.2) is 9.48 Å². The molecule has 2 aromatic rings. The van der Waals surface area contributed by atoms with E-state index < -0.39 is 27.7 Å². The van der Waals surface area contributed by atoms with Crippen LogP contribution in [-0.4, -0.2) is 70.6 Å². The molecule has 0 radical (unpaired) electrons. The standard InChI is InChI=1S/C18H24N4O6S/c1-29(26,27)28-13-18(7-9-21(10-8-18)17(24)25)16(23)15-12-22(20-19-15)11-14-5-3-2-4-6-14/h2-6,12,16,23H,7-11,13H2,1H3,(H,24,25). The monoisotopic (exact) mass is 424 g/mol. The number of rotatable bonds is 7. The quantitative estimate of drug-likeness (QED) is 0.631. The van der Waals surface area contributed by atoms with Crippen LogP contribution in [0.4, 0.5) is 4.79 Å². The fourth-order valence-electron chi connectivity index (χ4n) is 3.46. The molecule has 1 aliphatic heterocycles. The average Bonchev–Trinajstić information content (AvgIpc) is 3.14. The lowest BCUT2D eigenvalue weighted by atomic mass is 9.73. The molecule has 1 saturated heterocycles. The van der Waals surface area contributed by atoms with Gasteiger partial charge in [0.15, 0.2) is 0 Å². The van der Waals surface area contributed by atoms with Gasteiger partial charge in [0.1, 0.15) is 11.8 Å². The van der Waals surface area contributed by atoms with E-state index in [9.17, 15) is 23.4 Å². The van der Waals surface area contributed by atoms with Gasteiger partial charge in [-0.3, -0.25) is 4.18 Å². The first-order valence-corrected chi connectivity index (χ1v) is 10.9. The Balaban J connectivity index is 1.79. The Morgan fingerprint density at radius 3 is 2.52 bits per heavy atom. The highest BCUT2D eigenvalue weighted by atomic mass is 32.2. The molecule has 29 heavy (non-hydrogen) atoms. The second-order valence-electron chi connectivity index (χ2n) is 7.33. The van der Waals surface area contributed by atoms with Crippen molar-refractivity contribution < 1.29 is 27.6 Å². The van der Waals surface area contributed by atoms with Crippen LogP contribution >= 0.6 is 0 Å². The maximum absolute atomic E-state index is 11.5. The number of hydrogen-bond acceptors (Lipinski definition) is 7. The number of carboxylic acid groups (broad SMARTS) is 1. The van der Waals surface area contributed by atoms with E-state index in [4.69, 9.17) is 4.18 Å². The van der Waals surface area contributed by atoms with E-state index >= 15 is 0 Å². The molecule has 11 heteroatoms. The first-order chi connectivity index (χ1) is 13.7. The summed E-state index contributed by atoms with van der Waals surface area (Å²) in [5, 5.41) is 28.3. The highest BCUT2D eigenvalue weighted by Gasteiger charge is 2.44. The van der Waals surface area contributed by atoms with E-state index in [-0.39, 0.29) is 32.5 Å². The Kier molecular flexibility index (Phi) is 6.20. The topological polar surface area (TPSA) is 135 Å². The van der Waals surface area contributed by atoms with Gasteiger partial charge in [0.2, 0.25) is 0 Å². The Morgan fingerprint density at radius 2 is 1.93 bits per heavy atom. The number of benzene rings is 1. The van der Waals surface area contributed by atoms with Crippen LogP contribution in [0.3, 0.4) is 0 Å². The molecule has 3 rings (SSSR count). The third-order valence-electron chi connectivity index (χ3n) is 5.19. The molecule has 2 heterocycles. The van der Waals surface area contributed by atoms with E-state index in [1.165, 1.54) is 4.90 Å². The van der Waals surface area contributed by atoms with Crippen molar-refractivity contribution in [3.8, 4) is 0 Å². The summed E-state index contributed by atoms with van der Waals surface area (Å²) in [4.78, 5) is 12.4. The Morgan fingerprint density at radius 1 is 1.28 bits per heavy atom. The molecule has 158 valence electrons. The summed E-state index contributed by atoms with van der Waals surface area (Å²) in [5.74, 6) is 0. The summed E-state index contributed by atoms with van der Waals surface area (Å²) in [5.41, 5.74) is 0.327. The molecule has 0 spiro atoms. The van der Waals surface area contributed by atoms with Gasteiger partial charge in [0, 0.05) is 18.5 Å². The molecular formula is C18H24N4O6S. The normalized spacial score (nSPS) is 17.8. The van der Waals surface area contributed by atoms with Crippen LogP contribution in [0.2, 0.25) is 0 Å². The number of likely N-dealkylation sites (tertiary alicyclic amines) is 1. The van der Waals surface area contributed by atoms with Gasteiger partial charge in [0.25, 0.3) is 10.1 Å². The van der Waals surface area contributed by atoms with E-state index in [2.05, 4.69) is 10.3 Å². The van der Waals surface area contributed by atoms with Crippen LogP contribution in [0.5, 0.6) is 0 Å². The maximum Gasteiger partial charge on any atom is 0.407 e. The van der Waals surface area contributed by atoms with Crippen molar-refractivity contribution in [2.45, 2.75) is 25.5 Å². The Hall–Kier alpha value is -2.50. The molecule has 0 bridgehead atoms. The highest BCUT2D eigenvalue weighted by Crippen LogP contribution is 2.43. The van der Waals surface area contributed by atoms with Crippen molar-refractivity contribution in [1.82, 2.24) is 19.9 Å². The van der Waals surface area contributed by atoms with Crippen LogP contribution in [0.15, 0.2) is 36.5 Å². The van der Waals surface area contributed by atoms with E-state index in [0.29, 0.717) is 12.2 Å². The predicted molar refractivity (Wildman–Crippen MR) is 103 cm³/mol.